The van der Waals surface area contributed by atoms with E-state index in [2.05, 4.69) is 25.5 Å². The van der Waals surface area contributed by atoms with Gasteiger partial charge in [0, 0.05) is 35.1 Å². The monoisotopic (exact) mass is 409 g/mol. The van der Waals surface area contributed by atoms with Crippen LogP contribution in [0, 0.1) is 5.82 Å². The third-order valence-corrected chi connectivity index (χ3v) is 5.05. The lowest BCUT2D eigenvalue weighted by Crippen LogP contribution is -2.03. The number of imidazole rings is 1. The molecule has 0 aliphatic heterocycles. The fourth-order valence-electron chi connectivity index (χ4n) is 3.39. The normalized spacial score (nSPS) is 11.4. The van der Waals surface area contributed by atoms with Crippen molar-refractivity contribution in [3.63, 3.8) is 0 Å². The van der Waals surface area contributed by atoms with E-state index in [0.29, 0.717) is 52.1 Å². The second-order valence-corrected chi connectivity index (χ2v) is 6.80. The lowest BCUT2D eigenvalue weighted by molar-refractivity contribution is -0.105. The van der Waals surface area contributed by atoms with Crippen molar-refractivity contribution in [3.8, 4) is 11.3 Å². The molecular formula is C19H13ClFN7O. The molecule has 0 saturated carbocycles. The molecule has 10 heteroatoms. The number of benzene rings is 1. The van der Waals surface area contributed by atoms with Crippen LogP contribution in [-0.2, 0) is 11.3 Å². The van der Waals surface area contributed by atoms with Gasteiger partial charge in [-0.05, 0) is 12.1 Å². The van der Waals surface area contributed by atoms with Crippen LogP contribution in [0.5, 0.6) is 0 Å². The van der Waals surface area contributed by atoms with Crippen molar-refractivity contribution < 1.29 is 9.18 Å². The van der Waals surface area contributed by atoms with Crippen molar-refractivity contribution in [2.45, 2.75) is 6.54 Å². The fraction of sp³-hybridized carbons (Fsp3) is 0.0526. The SMILES string of the molecule is O=CNc1cn2cc(-c3c(Cl)c(F)c(Cn4cccc4)c4[nH]ncc34)ncc2n1. The van der Waals surface area contributed by atoms with Crippen LogP contribution < -0.4 is 5.32 Å². The molecule has 8 nitrogen and oxygen atoms in total. The second-order valence-electron chi connectivity index (χ2n) is 6.42. The zero-order chi connectivity index (χ0) is 20.0. The Kier molecular flexibility index (Phi) is 4.02. The molecule has 4 heterocycles. The summed E-state index contributed by atoms with van der Waals surface area (Å²) in [7, 11) is 0. The first-order chi connectivity index (χ1) is 14.2. The molecule has 29 heavy (non-hydrogen) atoms. The molecule has 4 aromatic heterocycles. The van der Waals surface area contributed by atoms with Crippen molar-refractivity contribution in [1.82, 2.24) is 29.1 Å². The number of fused-ring (bicyclic) bond motifs is 2. The number of H-pyrrole nitrogens is 1. The highest BCUT2D eigenvalue weighted by atomic mass is 35.5. The van der Waals surface area contributed by atoms with Crippen LogP contribution >= 0.6 is 11.6 Å². The van der Waals surface area contributed by atoms with Crippen LogP contribution in [-0.4, -0.2) is 35.5 Å². The molecule has 0 atom stereocenters. The highest BCUT2D eigenvalue weighted by Crippen LogP contribution is 2.38. The molecule has 0 bridgehead atoms. The second kappa shape index (κ2) is 6.71. The molecule has 144 valence electrons. The maximum absolute atomic E-state index is 15.3. The Balaban J connectivity index is 1.69. The predicted octanol–water partition coefficient (Wildman–Crippen LogP) is 3.48. The number of amides is 1. The predicted molar refractivity (Wildman–Crippen MR) is 106 cm³/mol. The van der Waals surface area contributed by atoms with Crippen LogP contribution in [0.4, 0.5) is 10.2 Å². The van der Waals surface area contributed by atoms with Crippen LogP contribution in [0.3, 0.4) is 0 Å². The summed E-state index contributed by atoms with van der Waals surface area (Å²) >= 11 is 6.47. The number of halogens is 2. The first kappa shape index (κ1) is 17.4. The maximum Gasteiger partial charge on any atom is 0.212 e. The Morgan fingerprint density at radius 1 is 1.24 bits per heavy atom. The van der Waals surface area contributed by atoms with E-state index in [9.17, 15) is 4.79 Å². The third-order valence-electron chi connectivity index (χ3n) is 4.70. The van der Waals surface area contributed by atoms with Gasteiger partial charge >= 0.3 is 0 Å². The van der Waals surface area contributed by atoms with Gasteiger partial charge in [0.1, 0.15) is 5.82 Å². The number of aromatic nitrogens is 6. The van der Waals surface area contributed by atoms with Gasteiger partial charge in [0.15, 0.2) is 11.5 Å². The highest BCUT2D eigenvalue weighted by Gasteiger charge is 2.22. The zero-order valence-electron chi connectivity index (χ0n) is 14.8. The standard InChI is InChI=1S/C19H13ClFN7O/c20-17-16(13-8-28-9-14(23-10-29)25-15(28)6-22-13)11-5-24-26-19(11)12(18(17)21)7-27-3-1-2-4-27/h1-6,8-10H,7H2,(H,23,29)(H,24,26). The smallest absolute Gasteiger partial charge is 0.212 e. The number of rotatable bonds is 5. The van der Waals surface area contributed by atoms with Gasteiger partial charge in [0.2, 0.25) is 6.41 Å². The molecule has 0 aliphatic carbocycles. The highest BCUT2D eigenvalue weighted by molar-refractivity contribution is 6.35. The summed E-state index contributed by atoms with van der Waals surface area (Å²) in [5.41, 5.74) is 2.40. The Hall–Kier alpha value is -3.72. The summed E-state index contributed by atoms with van der Waals surface area (Å²) in [4.78, 5) is 19.2. The number of aromatic amines is 1. The van der Waals surface area contributed by atoms with Crippen molar-refractivity contribution in [3.05, 3.63) is 65.7 Å². The van der Waals surface area contributed by atoms with Crippen molar-refractivity contribution in [2.75, 3.05) is 5.32 Å². The van der Waals surface area contributed by atoms with E-state index in [1.165, 1.54) is 6.20 Å². The minimum Gasteiger partial charge on any atom is -0.350 e. The van der Waals surface area contributed by atoms with Gasteiger partial charge < -0.3 is 14.3 Å². The number of hydrogen-bond donors (Lipinski definition) is 2. The lowest BCUT2D eigenvalue weighted by Gasteiger charge is -2.13. The van der Waals surface area contributed by atoms with E-state index < -0.39 is 5.82 Å². The van der Waals surface area contributed by atoms with Gasteiger partial charge in [0.05, 0.1) is 41.4 Å². The van der Waals surface area contributed by atoms with E-state index in [-0.39, 0.29) is 5.02 Å². The fourth-order valence-corrected chi connectivity index (χ4v) is 3.70. The van der Waals surface area contributed by atoms with E-state index in [1.807, 2.05) is 29.1 Å². The van der Waals surface area contributed by atoms with Gasteiger partial charge in [0.25, 0.3) is 0 Å². The summed E-state index contributed by atoms with van der Waals surface area (Å²) in [5, 5.41) is 10.1. The summed E-state index contributed by atoms with van der Waals surface area (Å²) in [6, 6.07) is 3.74. The molecule has 1 amide bonds. The van der Waals surface area contributed by atoms with Crippen molar-refractivity contribution in [1.29, 1.82) is 0 Å². The summed E-state index contributed by atoms with van der Waals surface area (Å²) in [5.74, 6) is -0.144. The Bertz CT molecular complexity index is 1360. The molecule has 5 aromatic rings. The average Bonchev–Trinajstić information content (AvgIpc) is 3.46. The number of hydrogen-bond acceptors (Lipinski definition) is 4. The number of carbonyl (C=O) groups excluding carboxylic acids is 1. The van der Waals surface area contributed by atoms with Gasteiger partial charge in [-0.25, -0.2) is 9.37 Å². The molecule has 0 aliphatic rings. The topological polar surface area (TPSA) is 92.9 Å². The molecule has 0 spiro atoms. The quantitative estimate of drug-likeness (QED) is 0.434. The summed E-state index contributed by atoms with van der Waals surface area (Å²) in [6.45, 7) is 0.312. The van der Waals surface area contributed by atoms with Crippen LogP contribution in [0.25, 0.3) is 27.8 Å². The Labute approximate surface area is 168 Å². The molecule has 5 rings (SSSR count). The molecule has 0 saturated heterocycles. The Morgan fingerprint density at radius 3 is 2.86 bits per heavy atom. The lowest BCUT2D eigenvalue weighted by atomic mass is 10.0. The molecule has 2 N–H and O–H groups in total. The number of carbonyl (C=O) groups is 1. The van der Waals surface area contributed by atoms with Crippen LogP contribution in [0.2, 0.25) is 5.02 Å². The maximum atomic E-state index is 15.3. The summed E-state index contributed by atoms with van der Waals surface area (Å²) < 4.78 is 18.8. The number of nitrogens with zero attached hydrogens (tertiary/aromatic N) is 5. The third kappa shape index (κ3) is 2.83. The minimum absolute atomic E-state index is 0.0285. The van der Waals surface area contributed by atoms with Crippen LogP contribution in [0.15, 0.2) is 49.3 Å². The van der Waals surface area contributed by atoms with Crippen molar-refractivity contribution in [2.24, 2.45) is 0 Å². The van der Waals surface area contributed by atoms with Gasteiger partial charge in [-0.1, -0.05) is 11.6 Å². The zero-order valence-corrected chi connectivity index (χ0v) is 15.6. The molecule has 0 fully saturated rings. The Morgan fingerprint density at radius 2 is 2.07 bits per heavy atom. The first-order valence-electron chi connectivity index (χ1n) is 8.64. The van der Waals surface area contributed by atoms with E-state index >= 15 is 4.39 Å². The molecule has 0 radical (unpaired) electrons. The average molecular weight is 410 g/mol. The van der Waals surface area contributed by atoms with Crippen molar-refractivity contribution >= 4 is 40.4 Å². The van der Waals surface area contributed by atoms with Gasteiger partial charge in [-0.15, -0.1) is 0 Å². The van der Waals surface area contributed by atoms with E-state index in [0.717, 1.165) is 0 Å². The number of anilines is 1. The molecule has 1 aromatic carbocycles. The van der Waals surface area contributed by atoms with Gasteiger partial charge in [-0.2, -0.15) is 5.10 Å². The molecular weight excluding hydrogens is 397 g/mol. The minimum atomic E-state index is -0.525. The van der Waals surface area contributed by atoms with Gasteiger partial charge in [-0.3, -0.25) is 14.9 Å². The summed E-state index contributed by atoms with van der Waals surface area (Å²) in [6.07, 6.45) is 10.7. The van der Waals surface area contributed by atoms with E-state index in [1.54, 1.807) is 23.0 Å². The van der Waals surface area contributed by atoms with E-state index in [4.69, 9.17) is 11.6 Å². The number of nitrogens with one attached hydrogen (secondary N) is 2. The van der Waals surface area contributed by atoms with Crippen LogP contribution in [0.1, 0.15) is 5.56 Å². The largest absolute Gasteiger partial charge is 0.350 e. The first-order valence-corrected chi connectivity index (χ1v) is 9.02. The molecule has 0 unspecified atom stereocenters.